The van der Waals surface area contributed by atoms with Gasteiger partial charge in [0.25, 0.3) is 0 Å². The van der Waals surface area contributed by atoms with Crippen LogP contribution in [0.15, 0.2) is 24.8 Å². The molecular formula is C14H15N5O2. The van der Waals surface area contributed by atoms with Gasteiger partial charge < -0.3 is 5.32 Å². The van der Waals surface area contributed by atoms with Crippen LogP contribution < -0.4 is 10.7 Å². The fraction of sp³-hybridized carbons (Fsp3) is 0.286. The molecule has 1 aliphatic heterocycles. The number of benzene rings is 1. The van der Waals surface area contributed by atoms with Gasteiger partial charge in [-0.05, 0) is 36.6 Å². The second kappa shape index (κ2) is 5.01. The number of amides is 2. The number of carbonyl (C=O) groups is 2. The largest absolute Gasteiger partial charge is 0.325 e. The van der Waals surface area contributed by atoms with Crippen LogP contribution in [0, 0.1) is 13.8 Å². The van der Waals surface area contributed by atoms with Gasteiger partial charge in [-0.3, -0.25) is 15.0 Å². The van der Waals surface area contributed by atoms with Crippen LogP contribution in [-0.2, 0) is 9.59 Å². The van der Waals surface area contributed by atoms with Crippen LogP contribution >= 0.6 is 0 Å². The zero-order valence-electron chi connectivity index (χ0n) is 11.8. The molecule has 1 atom stereocenters. The van der Waals surface area contributed by atoms with Crippen molar-refractivity contribution in [1.29, 1.82) is 0 Å². The first-order chi connectivity index (χ1) is 10.0. The lowest BCUT2D eigenvalue weighted by Crippen LogP contribution is -2.25. The maximum atomic E-state index is 12.1. The molecule has 0 spiro atoms. The minimum absolute atomic E-state index is 0.0842. The van der Waals surface area contributed by atoms with E-state index in [-0.39, 0.29) is 18.2 Å². The summed E-state index contributed by atoms with van der Waals surface area (Å²) in [6.45, 7) is 3.93. The fourth-order valence-electron chi connectivity index (χ4n) is 2.72. The van der Waals surface area contributed by atoms with Gasteiger partial charge in [0, 0.05) is 12.1 Å². The van der Waals surface area contributed by atoms with E-state index in [1.165, 1.54) is 17.3 Å². The Labute approximate surface area is 121 Å². The summed E-state index contributed by atoms with van der Waals surface area (Å²) in [5.41, 5.74) is 6.42. The van der Waals surface area contributed by atoms with E-state index in [0.29, 0.717) is 0 Å². The van der Waals surface area contributed by atoms with E-state index in [1.807, 2.05) is 26.0 Å². The van der Waals surface area contributed by atoms with Crippen LogP contribution in [0.5, 0.6) is 0 Å². The first-order valence-electron chi connectivity index (χ1n) is 6.61. The topological polar surface area (TPSA) is 88.9 Å². The lowest BCUT2D eigenvalue weighted by molar-refractivity contribution is -0.122. The maximum Gasteiger partial charge on any atom is 0.240 e. The number of fused-ring (bicyclic) bond motifs is 1. The van der Waals surface area contributed by atoms with Gasteiger partial charge >= 0.3 is 0 Å². The highest BCUT2D eigenvalue weighted by atomic mass is 16.2. The lowest BCUT2D eigenvalue weighted by Gasteiger charge is -2.12. The number of nitrogens with one attached hydrogen (secondary N) is 2. The highest BCUT2D eigenvalue weighted by Crippen LogP contribution is 2.37. The molecule has 1 aromatic heterocycles. The predicted octanol–water partition coefficient (Wildman–Crippen LogP) is 1.09. The highest BCUT2D eigenvalue weighted by molar-refractivity contribution is 6.06. The summed E-state index contributed by atoms with van der Waals surface area (Å²) in [6, 6.07) is 3.95. The Balaban J connectivity index is 1.81. The van der Waals surface area contributed by atoms with Crippen LogP contribution in [0.3, 0.4) is 0 Å². The first kappa shape index (κ1) is 13.3. The average molecular weight is 285 g/mol. The summed E-state index contributed by atoms with van der Waals surface area (Å²) in [5.74, 6) is -0.863. The molecule has 7 nitrogen and oxygen atoms in total. The van der Waals surface area contributed by atoms with Gasteiger partial charge in [-0.2, -0.15) is 0 Å². The average Bonchev–Trinajstić information content (AvgIpc) is 2.98. The van der Waals surface area contributed by atoms with Crippen LogP contribution in [0.4, 0.5) is 5.69 Å². The Morgan fingerprint density at radius 1 is 1.33 bits per heavy atom. The van der Waals surface area contributed by atoms with E-state index in [1.54, 1.807) is 0 Å². The third-order valence-corrected chi connectivity index (χ3v) is 3.52. The molecule has 108 valence electrons. The molecule has 2 heterocycles. The third-order valence-electron chi connectivity index (χ3n) is 3.52. The molecule has 0 aliphatic carbocycles. The summed E-state index contributed by atoms with van der Waals surface area (Å²) in [5, 5.41) is 10.0. The normalized spacial score (nSPS) is 16.5. The molecule has 7 heteroatoms. The Morgan fingerprint density at radius 3 is 2.76 bits per heavy atom. The van der Waals surface area contributed by atoms with Gasteiger partial charge in [0.2, 0.25) is 11.8 Å². The number of nitrogens with zero attached hydrogens (tertiary/aromatic N) is 3. The van der Waals surface area contributed by atoms with Gasteiger partial charge in [-0.25, -0.2) is 4.68 Å². The van der Waals surface area contributed by atoms with E-state index in [0.717, 1.165) is 22.4 Å². The van der Waals surface area contributed by atoms with E-state index < -0.39 is 5.92 Å². The van der Waals surface area contributed by atoms with Crippen LogP contribution in [0.1, 0.15) is 29.0 Å². The Hall–Kier alpha value is -2.70. The molecule has 0 saturated carbocycles. The molecule has 2 amide bonds. The summed E-state index contributed by atoms with van der Waals surface area (Å²) >= 11 is 0. The van der Waals surface area contributed by atoms with Crippen molar-refractivity contribution in [2.75, 3.05) is 10.7 Å². The van der Waals surface area contributed by atoms with E-state index >= 15 is 0 Å². The second-order valence-electron chi connectivity index (χ2n) is 5.19. The number of rotatable bonds is 3. The standard InChI is InChI=1S/C14H15N5O2/c1-8-3-9(2)13-10(14(21)17-11(13)4-8)5-12(20)18-19-6-15-16-7-19/h3-4,6-7,10H,5H2,1-2H3,(H,17,21)(H,18,20)/t10-/m0/s1. The minimum atomic E-state index is -0.461. The molecule has 2 N–H and O–H groups in total. The van der Waals surface area contributed by atoms with Crippen LogP contribution in [0.25, 0.3) is 0 Å². The molecule has 3 rings (SSSR count). The molecule has 0 unspecified atom stereocenters. The number of hydrogen-bond donors (Lipinski definition) is 2. The molecule has 0 bridgehead atoms. The lowest BCUT2D eigenvalue weighted by atomic mass is 9.92. The molecule has 0 saturated heterocycles. The number of aromatic nitrogens is 3. The van der Waals surface area contributed by atoms with Crippen LogP contribution in [0.2, 0.25) is 0 Å². The Bertz CT molecular complexity index is 708. The van der Waals surface area contributed by atoms with Gasteiger partial charge in [-0.15, -0.1) is 10.2 Å². The van der Waals surface area contributed by atoms with Gasteiger partial charge in [0.1, 0.15) is 12.7 Å². The zero-order chi connectivity index (χ0) is 15.0. The minimum Gasteiger partial charge on any atom is -0.325 e. The Morgan fingerprint density at radius 2 is 2.05 bits per heavy atom. The summed E-state index contributed by atoms with van der Waals surface area (Å²) in [7, 11) is 0. The van der Waals surface area contributed by atoms with Crippen molar-refractivity contribution < 1.29 is 9.59 Å². The molecule has 1 aliphatic rings. The first-order valence-corrected chi connectivity index (χ1v) is 6.61. The number of carbonyl (C=O) groups excluding carboxylic acids is 2. The fourth-order valence-corrected chi connectivity index (χ4v) is 2.72. The Kier molecular flexibility index (Phi) is 3.17. The summed E-state index contributed by atoms with van der Waals surface area (Å²) in [6.07, 6.45) is 2.85. The smallest absolute Gasteiger partial charge is 0.240 e. The second-order valence-corrected chi connectivity index (χ2v) is 5.19. The van der Waals surface area contributed by atoms with Crippen molar-refractivity contribution in [2.24, 2.45) is 0 Å². The van der Waals surface area contributed by atoms with Crippen molar-refractivity contribution in [3.05, 3.63) is 41.5 Å². The number of aryl methyl sites for hydroxylation is 2. The number of hydrogen-bond acceptors (Lipinski definition) is 4. The third kappa shape index (κ3) is 2.49. The molecular weight excluding hydrogens is 270 g/mol. The molecule has 1 aromatic carbocycles. The molecule has 0 radical (unpaired) electrons. The van der Waals surface area contributed by atoms with Crippen molar-refractivity contribution in [2.45, 2.75) is 26.2 Å². The quantitative estimate of drug-likeness (QED) is 0.883. The highest BCUT2D eigenvalue weighted by Gasteiger charge is 2.33. The van der Waals surface area contributed by atoms with E-state index in [9.17, 15) is 9.59 Å². The summed E-state index contributed by atoms with van der Waals surface area (Å²) < 4.78 is 1.36. The maximum absolute atomic E-state index is 12.1. The predicted molar refractivity (Wildman–Crippen MR) is 76.3 cm³/mol. The van der Waals surface area contributed by atoms with Crippen molar-refractivity contribution in [3.8, 4) is 0 Å². The molecule has 0 fully saturated rings. The molecule has 2 aromatic rings. The van der Waals surface area contributed by atoms with E-state index in [4.69, 9.17) is 0 Å². The van der Waals surface area contributed by atoms with Gasteiger partial charge in [0.05, 0.1) is 5.92 Å². The van der Waals surface area contributed by atoms with Crippen molar-refractivity contribution in [3.63, 3.8) is 0 Å². The van der Waals surface area contributed by atoms with Crippen LogP contribution in [-0.4, -0.2) is 26.7 Å². The summed E-state index contributed by atoms with van der Waals surface area (Å²) in [4.78, 5) is 24.1. The van der Waals surface area contributed by atoms with E-state index in [2.05, 4.69) is 20.9 Å². The number of anilines is 1. The molecule has 21 heavy (non-hydrogen) atoms. The zero-order valence-corrected chi connectivity index (χ0v) is 11.8. The van der Waals surface area contributed by atoms with Gasteiger partial charge in [0.15, 0.2) is 0 Å². The monoisotopic (exact) mass is 285 g/mol. The SMILES string of the molecule is Cc1cc(C)c2c(c1)NC(=O)[C@H]2CC(=O)Nn1cnnc1. The van der Waals surface area contributed by atoms with Gasteiger partial charge in [-0.1, -0.05) is 6.07 Å². The van der Waals surface area contributed by atoms with Crippen molar-refractivity contribution >= 4 is 17.5 Å². The van der Waals surface area contributed by atoms with Crippen molar-refractivity contribution in [1.82, 2.24) is 14.9 Å².